The third kappa shape index (κ3) is 4.23. The van der Waals surface area contributed by atoms with E-state index in [1.54, 1.807) is 54.6 Å². The van der Waals surface area contributed by atoms with Crippen molar-refractivity contribution < 1.29 is 29.0 Å². The lowest BCUT2D eigenvalue weighted by Crippen LogP contribution is -2.16. The monoisotopic (exact) mass is 368 g/mol. The summed E-state index contributed by atoms with van der Waals surface area (Å²) < 4.78 is 9.80. The molecule has 0 aliphatic heterocycles. The Balaban J connectivity index is 2.90. The molecule has 2 aromatic rings. The number of hydrogen-bond donors (Lipinski definition) is 1. The first kappa shape index (κ1) is 19.9. The average Bonchev–Trinajstić information content (AvgIpc) is 2.70. The third-order valence-electron chi connectivity index (χ3n) is 4.16. The maximum atomic E-state index is 12.7. The molecule has 140 valence electrons. The number of methoxy groups -OCH3 is 2. The number of aliphatic carboxylic acids is 1. The molecule has 0 saturated heterocycles. The summed E-state index contributed by atoms with van der Waals surface area (Å²) >= 11 is 0. The molecule has 1 atom stereocenters. The molecule has 6 heteroatoms. The van der Waals surface area contributed by atoms with E-state index < -0.39 is 23.8 Å². The van der Waals surface area contributed by atoms with E-state index in [-0.39, 0.29) is 11.1 Å². The zero-order valence-corrected chi connectivity index (χ0v) is 15.3. The van der Waals surface area contributed by atoms with Crippen LogP contribution in [0.1, 0.15) is 29.5 Å². The Morgan fingerprint density at radius 2 is 1.33 bits per heavy atom. The van der Waals surface area contributed by atoms with Gasteiger partial charge in [-0.2, -0.15) is 0 Å². The summed E-state index contributed by atoms with van der Waals surface area (Å²) in [6.45, 7) is 1.51. The third-order valence-corrected chi connectivity index (χ3v) is 4.16. The molecule has 27 heavy (non-hydrogen) atoms. The molecular weight excluding hydrogens is 348 g/mol. The summed E-state index contributed by atoms with van der Waals surface area (Å²) in [6.07, 6.45) is 0. The lowest BCUT2D eigenvalue weighted by molar-refractivity contribution is -0.138. The van der Waals surface area contributed by atoms with Crippen LogP contribution in [0.4, 0.5) is 0 Å². The van der Waals surface area contributed by atoms with Crippen LogP contribution in [0.5, 0.6) is 0 Å². The quantitative estimate of drug-likeness (QED) is 0.479. The largest absolute Gasteiger partial charge is 0.481 e. The second-order valence-electron chi connectivity index (χ2n) is 5.75. The topological polar surface area (TPSA) is 89.9 Å². The summed E-state index contributed by atoms with van der Waals surface area (Å²) in [5.41, 5.74) is 1.13. The second-order valence-corrected chi connectivity index (χ2v) is 5.75. The Kier molecular flexibility index (Phi) is 6.49. The lowest BCUT2D eigenvalue weighted by atomic mass is 9.87. The van der Waals surface area contributed by atoms with Crippen LogP contribution in [0, 0.1) is 0 Å². The number of hydrogen-bond acceptors (Lipinski definition) is 5. The summed E-state index contributed by atoms with van der Waals surface area (Å²) in [5, 5.41) is 9.42. The van der Waals surface area contributed by atoms with Crippen LogP contribution >= 0.6 is 0 Å². The number of ether oxygens (including phenoxy) is 2. The van der Waals surface area contributed by atoms with Gasteiger partial charge in [-0.1, -0.05) is 54.6 Å². The highest BCUT2D eigenvalue weighted by Crippen LogP contribution is 2.33. The van der Waals surface area contributed by atoms with Gasteiger partial charge in [0.2, 0.25) is 0 Å². The standard InChI is InChI=1S/C21H20O6/c1-13(19(22)23)15-11-7-8-12-16(15)18(21(25)27-3)17(20(24)26-2)14-9-5-4-6-10-14/h4-13H,1-3H3,(H,22,23)/b18-17+. The van der Waals surface area contributed by atoms with Gasteiger partial charge in [-0.25, -0.2) is 9.59 Å². The molecule has 1 unspecified atom stereocenters. The van der Waals surface area contributed by atoms with Gasteiger partial charge in [-0.15, -0.1) is 0 Å². The van der Waals surface area contributed by atoms with Crippen molar-refractivity contribution in [2.75, 3.05) is 14.2 Å². The van der Waals surface area contributed by atoms with Crippen LogP contribution in [-0.4, -0.2) is 37.2 Å². The van der Waals surface area contributed by atoms with Gasteiger partial charge in [0, 0.05) is 0 Å². The van der Waals surface area contributed by atoms with Crippen molar-refractivity contribution in [2.45, 2.75) is 12.8 Å². The van der Waals surface area contributed by atoms with E-state index >= 15 is 0 Å². The molecule has 0 amide bonds. The zero-order valence-electron chi connectivity index (χ0n) is 15.3. The van der Waals surface area contributed by atoms with Crippen LogP contribution in [0.15, 0.2) is 54.6 Å². The molecule has 0 bridgehead atoms. The SMILES string of the molecule is COC(=O)/C(=C(/C(=O)OC)c1ccccc1C(C)C(=O)O)c1ccccc1. The first-order valence-corrected chi connectivity index (χ1v) is 8.20. The van der Waals surface area contributed by atoms with E-state index in [4.69, 9.17) is 9.47 Å². The average molecular weight is 368 g/mol. The fraction of sp³-hybridized carbons (Fsp3) is 0.190. The van der Waals surface area contributed by atoms with Gasteiger partial charge < -0.3 is 14.6 Å². The van der Waals surface area contributed by atoms with Gasteiger partial charge in [-0.05, 0) is 23.6 Å². The Bertz CT molecular complexity index is 883. The van der Waals surface area contributed by atoms with Gasteiger partial charge in [0.25, 0.3) is 0 Å². The first-order valence-electron chi connectivity index (χ1n) is 8.20. The van der Waals surface area contributed by atoms with Gasteiger partial charge in [0.05, 0.1) is 31.3 Å². The molecule has 2 aromatic carbocycles. The molecule has 0 aliphatic rings. The van der Waals surface area contributed by atoms with Crippen molar-refractivity contribution in [1.82, 2.24) is 0 Å². The molecule has 0 heterocycles. The fourth-order valence-electron chi connectivity index (χ4n) is 2.76. The zero-order chi connectivity index (χ0) is 20.0. The molecule has 0 saturated carbocycles. The number of benzene rings is 2. The molecule has 0 aromatic heterocycles. The van der Waals surface area contributed by atoms with E-state index in [1.165, 1.54) is 21.1 Å². The number of carboxylic acids is 1. The van der Waals surface area contributed by atoms with E-state index in [2.05, 4.69) is 0 Å². The predicted octanol–water partition coefficient (Wildman–Crippen LogP) is 3.13. The summed E-state index contributed by atoms with van der Waals surface area (Å²) in [7, 11) is 2.41. The van der Waals surface area contributed by atoms with Crippen molar-refractivity contribution in [1.29, 1.82) is 0 Å². The normalized spacial score (nSPS) is 12.6. The molecule has 1 N–H and O–H groups in total. The van der Waals surface area contributed by atoms with Crippen molar-refractivity contribution in [3.05, 3.63) is 71.3 Å². The maximum Gasteiger partial charge on any atom is 0.339 e. The Labute approximate surface area is 157 Å². The van der Waals surface area contributed by atoms with Crippen LogP contribution < -0.4 is 0 Å². The Morgan fingerprint density at radius 3 is 1.89 bits per heavy atom. The Morgan fingerprint density at radius 1 is 0.815 bits per heavy atom. The number of carbonyl (C=O) groups is 3. The van der Waals surface area contributed by atoms with Crippen LogP contribution in [-0.2, 0) is 23.9 Å². The summed E-state index contributed by atoms with van der Waals surface area (Å²) in [6, 6.07) is 15.1. The van der Waals surface area contributed by atoms with Gasteiger partial charge in [0.15, 0.2) is 0 Å². The van der Waals surface area contributed by atoms with Gasteiger partial charge in [-0.3, -0.25) is 4.79 Å². The van der Waals surface area contributed by atoms with Crippen molar-refractivity contribution in [3.63, 3.8) is 0 Å². The molecular formula is C21H20O6. The number of carbonyl (C=O) groups excluding carboxylic acids is 2. The van der Waals surface area contributed by atoms with E-state index in [1.807, 2.05) is 0 Å². The van der Waals surface area contributed by atoms with Crippen molar-refractivity contribution in [3.8, 4) is 0 Å². The molecule has 0 aliphatic carbocycles. The minimum Gasteiger partial charge on any atom is -0.481 e. The van der Waals surface area contributed by atoms with E-state index in [0.29, 0.717) is 16.7 Å². The van der Waals surface area contributed by atoms with Gasteiger partial charge >= 0.3 is 17.9 Å². The summed E-state index contributed by atoms with van der Waals surface area (Å²) in [4.78, 5) is 36.7. The van der Waals surface area contributed by atoms with Gasteiger partial charge in [0.1, 0.15) is 0 Å². The minimum atomic E-state index is -1.05. The van der Waals surface area contributed by atoms with Crippen molar-refractivity contribution >= 4 is 29.1 Å². The second kappa shape index (κ2) is 8.80. The number of rotatable bonds is 6. The highest BCUT2D eigenvalue weighted by molar-refractivity contribution is 6.37. The molecule has 0 spiro atoms. The fourth-order valence-corrected chi connectivity index (χ4v) is 2.76. The van der Waals surface area contributed by atoms with E-state index in [9.17, 15) is 19.5 Å². The summed E-state index contributed by atoms with van der Waals surface area (Å²) in [5.74, 6) is -3.43. The molecule has 0 radical (unpaired) electrons. The molecule has 0 fully saturated rings. The minimum absolute atomic E-state index is 0.00925. The maximum absolute atomic E-state index is 12.7. The smallest absolute Gasteiger partial charge is 0.339 e. The number of carboxylic acid groups (broad SMARTS) is 1. The first-order chi connectivity index (χ1) is 12.9. The highest BCUT2D eigenvalue weighted by Gasteiger charge is 2.29. The molecule has 6 nitrogen and oxygen atoms in total. The Hall–Kier alpha value is -3.41. The highest BCUT2D eigenvalue weighted by atomic mass is 16.5. The lowest BCUT2D eigenvalue weighted by Gasteiger charge is -2.18. The van der Waals surface area contributed by atoms with Crippen LogP contribution in [0.25, 0.3) is 11.1 Å². The van der Waals surface area contributed by atoms with Crippen LogP contribution in [0.3, 0.4) is 0 Å². The molecule has 2 rings (SSSR count). The van der Waals surface area contributed by atoms with Crippen LogP contribution in [0.2, 0.25) is 0 Å². The number of esters is 2. The predicted molar refractivity (Wildman–Crippen MR) is 99.8 cm³/mol. The van der Waals surface area contributed by atoms with Crippen molar-refractivity contribution in [2.24, 2.45) is 0 Å². The van der Waals surface area contributed by atoms with E-state index in [0.717, 1.165) is 0 Å².